The van der Waals surface area contributed by atoms with Gasteiger partial charge in [-0.15, -0.1) is 0 Å². The maximum absolute atomic E-state index is 13.1. The second kappa shape index (κ2) is 6.08. The van der Waals surface area contributed by atoms with Crippen LogP contribution in [0.4, 0.5) is 10.1 Å². The molecule has 2 N–H and O–H groups in total. The minimum absolute atomic E-state index is 0.341. The zero-order valence-electron chi connectivity index (χ0n) is 12.0. The van der Waals surface area contributed by atoms with Crippen molar-refractivity contribution < 1.29 is 19.1 Å². The first kappa shape index (κ1) is 15.2. The van der Waals surface area contributed by atoms with Crippen molar-refractivity contribution in [2.24, 2.45) is 11.8 Å². The number of benzene rings is 1. The molecular formula is C16H18FNO3. The summed E-state index contributed by atoms with van der Waals surface area (Å²) in [6.45, 7) is 3.81. The quantitative estimate of drug-likeness (QED) is 0.840. The van der Waals surface area contributed by atoms with Crippen LogP contribution in [-0.4, -0.2) is 17.0 Å². The summed E-state index contributed by atoms with van der Waals surface area (Å²) >= 11 is 0. The molecule has 0 spiro atoms. The highest BCUT2D eigenvalue weighted by atomic mass is 19.1. The number of allylic oxidation sites excluding steroid dienone is 2. The number of rotatable bonds is 3. The van der Waals surface area contributed by atoms with Gasteiger partial charge < -0.3 is 10.4 Å². The fourth-order valence-corrected chi connectivity index (χ4v) is 2.63. The number of hydrogen-bond donors (Lipinski definition) is 2. The molecule has 1 aliphatic carbocycles. The van der Waals surface area contributed by atoms with Crippen molar-refractivity contribution in [3.8, 4) is 0 Å². The molecule has 1 aromatic carbocycles. The molecule has 4 nitrogen and oxygen atoms in total. The average molecular weight is 291 g/mol. The Kier molecular flexibility index (Phi) is 4.40. The molecule has 112 valence electrons. The summed E-state index contributed by atoms with van der Waals surface area (Å²) in [4.78, 5) is 23.7. The van der Waals surface area contributed by atoms with Gasteiger partial charge in [-0.25, -0.2) is 4.39 Å². The Labute approximate surface area is 122 Å². The third kappa shape index (κ3) is 3.48. The largest absolute Gasteiger partial charge is 0.481 e. The Bertz CT molecular complexity index is 609. The molecule has 0 aromatic heterocycles. The van der Waals surface area contributed by atoms with E-state index in [9.17, 15) is 19.1 Å². The van der Waals surface area contributed by atoms with Gasteiger partial charge in [0, 0.05) is 5.69 Å². The topological polar surface area (TPSA) is 66.4 Å². The van der Waals surface area contributed by atoms with Gasteiger partial charge in [0.25, 0.3) is 0 Å². The Morgan fingerprint density at radius 1 is 1.19 bits per heavy atom. The molecule has 1 amide bonds. The van der Waals surface area contributed by atoms with Gasteiger partial charge in [-0.1, -0.05) is 17.2 Å². The van der Waals surface area contributed by atoms with Gasteiger partial charge in [-0.2, -0.15) is 0 Å². The fraction of sp³-hybridized carbons (Fsp3) is 0.375. The van der Waals surface area contributed by atoms with Crippen LogP contribution in [0.3, 0.4) is 0 Å². The van der Waals surface area contributed by atoms with Crippen LogP contribution < -0.4 is 5.32 Å². The summed E-state index contributed by atoms with van der Waals surface area (Å²) in [6.07, 6.45) is 0.798. The van der Waals surface area contributed by atoms with E-state index < -0.39 is 23.6 Å². The summed E-state index contributed by atoms with van der Waals surface area (Å²) in [7, 11) is 0. The number of carbonyl (C=O) groups is 2. The van der Waals surface area contributed by atoms with E-state index in [1.807, 2.05) is 13.8 Å². The summed E-state index contributed by atoms with van der Waals surface area (Å²) in [5.74, 6) is -3.16. The molecule has 2 atom stereocenters. The molecule has 2 rings (SSSR count). The first-order valence-electron chi connectivity index (χ1n) is 6.83. The van der Waals surface area contributed by atoms with E-state index >= 15 is 0 Å². The molecule has 1 aliphatic rings. The molecule has 0 saturated carbocycles. The zero-order valence-corrected chi connectivity index (χ0v) is 12.0. The minimum atomic E-state index is -0.971. The van der Waals surface area contributed by atoms with E-state index in [0.29, 0.717) is 18.5 Å². The van der Waals surface area contributed by atoms with Gasteiger partial charge in [0.15, 0.2) is 0 Å². The van der Waals surface area contributed by atoms with Crippen molar-refractivity contribution in [1.29, 1.82) is 0 Å². The summed E-state index contributed by atoms with van der Waals surface area (Å²) in [5, 5.41) is 11.9. The fourth-order valence-electron chi connectivity index (χ4n) is 2.63. The summed E-state index contributed by atoms with van der Waals surface area (Å²) < 4.78 is 13.1. The maximum atomic E-state index is 13.1. The third-order valence-electron chi connectivity index (χ3n) is 4.01. The number of carboxylic acids is 1. The Balaban J connectivity index is 2.18. The first-order valence-corrected chi connectivity index (χ1v) is 6.83. The van der Waals surface area contributed by atoms with Gasteiger partial charge in [-0.05, 0) is 44.9 Å². The van der Waals surface area contributed by atoms with Gasteiger partial charge in [0.2, 0.25) is 5.91 Å². The van der Waals surface area contributed by atoms with Crippen molar-refractivity contribution >= 4 is 17.6 Å². The van der Waals surface area contributed by atoms with Crippen molar-refractivity contribution in [3.63, 3.8) is 0 Å². The highest BCUT2D eigenvalue weighted by Gasteiger charge is 2.37. The van der Waals surface area contributed by atoms with Gasteiger partial charge >= 0.3 is 5.97 Å². The lowest BCUT2D eigenvalue weighted by atomic mass is 9.76. The molecule has 0 saturated heterocycles. The minimum Gasteiger partial charge on any atom is -0.481 e. The molecule has 0 radical (unpaired) electrons. The highest BCUT2D eigenvalue weighted by Crippen LogP contribution is 2.35. The molecule has 0 bridgehead atoms. The van der Waals surface area contributed by atoms with Gasteiger partial charge in [0.05, 0.1) is 11.8 Å². The van der Waals surface area contributed by atoms with E-state index in [4.69, 9.17) is 0 Å². The smallest absolute Gasteiger partial charge is 0.307 e. The van der Waals surface area contributed by atoms with E-state index in [1.165, 1.54) is 18.2 Å². The van der Waals surface area contributed by atoms with E-state index in [2.05, 4.69) is 5.32 Å². The van der Waals surface area contributed by atoms with Crippen LogP contribution in [0.25, 0.3) is 0 Å². The second-order valence-corrected chi connectivity index (χ2v) is 5.52. The molecule has 5 heteroatoms. The van der Waals surface area contributed by atoms with E-state index in [-0.39, 0.29) is 5.91 Å². The highest BCUT2D eigenvalue weighted by molar-refractivity contribution is 5.95. The van der Waals surface area contributed by atoms with Crippen molar-refractivity contribution in [2.45, 2.75) is 26.7 Å². The number of carboxylic acid groups (broad SMARTS) is 1. The SMILES string of the molecule is CC1=C(C)C[C@H](C(=O)Nc2cccc(F)c2)[C@@H](C(=O)O)C1. The average Bonchev–Trinajstić information content (AvgIpc) is 2.41. The lowest BCUT2D eigenvalue weighted by molar-refractivity contribution is -0.146. The second-order valence-electron chi connectivity index (χ2n) is 5.52. The molecule has 0 unspecified atom stereocenters. The maximum Gasteiger partial charge on any atom is 0.307 e. The summed E-state index contributed by atoms with van der Waals surface area (Å²) in [6, 6.07) is 5.57. The molecule has 0 heterocycles. The van der Waals surface area contributed by atoms with E-state index in [0.717, 1.165) is 11.1 Å². The standard InChI is InChI=1S/C16H18FNO3/c1-9-6-13(14(16(20)21)7-10(9)2)15(19)18-12-5-3-4-11(17)8-12/h3-5,8,13-14H,6-7H2,1-2H3,(H,18,19)(H,20,21)/t13-,14-/m0/s1. The molecular weight excluding hydrogens is 273 g/mol. The van der Waals surface area contributed by atoms with Crippen molar-refractivity contribution in [3.05, 3.63) is 41.2 Å². The van der Waals surface area contributed by atoms with Gasteiger partial charge in [-0.3, -0.25) is 9.59 Å². The monoisotopic (exact) mass is 291 g/mol. The van der Waals surface area contributed by atoms with Crippen LogP contribution in [0.1, 0.15) is 26.7 Å². The molecule has 0 fully saturated rings. The lowest BCUT2D eigenvalue weighted by Crippen LogP contribution is -2.36. The lowest BCUT2D eigenvalue weighted by Gasteiger charge is -2.29. The molecule has 21 heavy (non-hydrogen) atoms. The van der Waals surface area contributed by atoms with Crippen LogP contribution in [0.15, 0.2) is 35.4 Å². The third-order valence-corrected chi connectivity index (χ3v) is 4.01. The Morgan fingerprint density at radius 3 is 2.38 bits per heavy atom. The number of anilines is 1. The van der Waals surface area contributed by atoms with Crippen LogP contribution in [0.5, 0.6) is 0 Å². The number of carbonyl (C=O) groups excluding carboxylic acids is 1. The first-order chi connectivity index (χ1) is 9.88. The number of aliphatic carboxylic acids is 1. The number of nitrogens with one attached hydrogen (secondary N) is 1. The summed E-state index contributed by atoms with van der Waals surface area (Å²) in [5.41, 5.74) is 2.41. The normalized spacial score (nSPS) is 22.0. The van der Waals surface area contributed by atoms with Crippen LogP contribution in [0.2, 0.25) is 0 Å². The predicted molar refractivity (Wildman–Crippen MR) is 77.3 cm³/mol. The van der Waals surface area contributed by atoms with Crippen molar-refractivity contribution in [1.82, 2.24) is 0 Å². The van der Waals surface area contributed by atoms with Gasteiger partial charge in [0.1, 0.15) is 5.82 Å². The van der Waals surface area contributed by atoms with Crippen molar-refractivity contribution in [2.75, 3.05) is 5.32 Å². The number of amides is 1. The van der Waals surface area contributed by atoms with Crippen LogP contribution in [-0.2, 0) is 9.59 Å². The van der Waals surface area contributed by atoms with Crippen LogP contribution >= 0.6 is 0 Å². The number of halogens is 1. The zero-order chi connectivity index (χ0) is 15.6. The van der Waals surface area contributed by atoms with Crippen LogP contribution in [0, 0.1) is 17.7 Å². The number of hydrogen-bond acceptors (Lipinski definition) is 2. The van der Waals surface area contributed by atoms with E-state index in [1.54, 1.807) is 6.07 Å². The molecule has 0 aliphatic heterocycles. The Morgan fingerprint density at radius 2 is 1.81 bits per heavy atom. The predicted octanol–water partition coefficient (Wildman–Crippen LogP) is 3.21. The molecule has 1 aromatic rings. The Hall–Kier alpha value is -2.17.